The summed E-state index contributed by atoms with van der Waals surface area (Å²) in [4.78, 5) is 0. The summed E-state index contributed by atoms with van der Waals surface area (Å²) in [5.74, 6) is -0.297. The molecule has 1 aliphatic heterocycles. The van der Waals surface area contributed by atoms with E-state index >= 15 is 0 Å². The van der Waals surface area contributed by atoms with Gasteiger partial charge in [0.1, 0.15) is 5.82 Å². The summed E-state index contributed by atoms with van der Waals surface area (Å²) in [5, 5.41) is 0. The number of hydrogen-bond donors (Lipinski definition) is 0. The van der Waals surface area contributed by atoms with E-state index in [2.05, 4.69) is 6.92 Å². The van der Waals surface area contributed by atoms with Crippen LogP contribution in [0, 0.1) is 12.7 Å². The zero-order valence-corrected chi connectivity index (χ0v) is 11.0. The first-order chi connectivity index (χ1) is 8.49. The first-order valence-electron chi connectivity index (χ1n) is 6.40. The van der Waals surface area contributed by atoms with Gasteiger partial charge >= 0.3 is 0 Å². The van der Waals surface area contributed by atoms with Crippen LogP contribution in [0.1, 0.15) is 44.2 Å². The first kappa shape index (κ1) is 13.5. The molecule has 1 heterocycles. The van der Waals surface area contributed by atoms with Crippen LogP contribution < -0.4 is 0 Å². The van der Waals surface area contributed by atoms with Crippen molar-refractivity contribution in [1.29, 1.82) is 0 Å². The van der Waals surface area contributed by atoms with Crippen molar-refractivity contribution < 1.29 is 13.9 Å². The molecule has 99 valence electrons. The Balaban J connectivity index is 2.10. The SMILES string of the molecule is [CH2]c1ccc(C(C)(C)OC2CCCCO2)cc1F. The molecular formula is C15H20FO2. The normalized spacial score (nSPS) is 21.0. The zero-order chi connectivity index (χ0) is 13.2. The fourth-order valence-electron chi connectivity index (χ4n) is 2.12. The van der Waals surface area contributed by atoms with Crippen molar-refractivity contribution in [3.63, 3.8) is 0 Å². The van der Waals surface area contributed by atoms with Crippen molar-refractivity contribution in [2.24, 2.45) is 0 Å². The maximum atomic E-state index is 13.5. The molecule has 1 saturated heterocycles. The van der Waals surface area contributed by atoms with Crippen molar-refractivity contribution in [3.05, 3.63) is 42.1 Å². The Morgan fingerprint density at radius 3 is 2.78 bits per heavy atom. The highest BCUT2D eigenvalue weighted by atomic mass is 19.1. The Kier molecular flexibility index (Phi) is 4.03. The Hall–Kier alpha value is -0.930. The molecule has 18 heavy (non-hydrogen) atoms. The third-order valence-corrected chi connectivity index (χ3v) is 3.31. The second-order valence-electron chi connectivity index (χ2n) is 5.23. The molecule has 1 atom stereocenters. The number of benzene rings is 1. The molecule has 1 radical (unpaired) electrons. The predicted octanol–water partition coefficient (Wildman–Crippen LogP) is 3.79. The van der Waals surface area contributed by atoms with Gasteiger partial charge in [-0.3, -0.25) is 0 Å². The lowest BCUT2D eigenvalue weighted by atomic mass is 9.96. The first-order valence-corrected chi connectivity index (χ1v) is 6.40. The van der Waals surface area contributed by atoms with E-state index in [-0.39, 0.29) is 12.1 Å². The second kappa shape index (κ2) is 5.37. The maximum Gasteiger partial charge on any atom is 0.158 e. The quantitative estimate of drug-likeness (QED) is 0.813. The van der Waals surface area contributed by atoms with E-state index in [0.29, 0.717) is 5.56 Å². The summed E-state index contributed by atoms with van der Waals surface area (Å²) >= 11 is 0. The van der Waals surface area contributed by atoms with Gasteiger partial charge in [-0.15, -0.1) is 0 Å². The van der Waals surface area contributed by atoms with Crippen LogP contribution in [0.4, 0.5) is 4.39 Å². The van der Waals surface area contributed by atoms with Gasteiger partial charge in [-0.25, -0.2) is 4.39 Å². The van der Waals surface area contributed by atoms with Crippen LogP contribution in [0.2, 0.25) is 0 Å². The van der Waals surface area contributed by atoms with Crippen molar-refractivity contribution in [2.75, 3.05) is 6.61 Å². The Bertz CT molecular complexity index is 409. The molecule has 2 rings (SSSR count). The molecule has 0 amide bonds. The van der Waals surface area contributed by atoms with Gasteiger partial charge in [-0.2, -0.15) is 0 Å². The molecule has 0 bridgehead atoms. The fraction of sp³-hybridized carbons (Fsp3) is 0.533. The molecule has 3 heteroatoms. The summed E-state index contributed by atoms with van der Waals surface area (Å²) in [6.45, 7) is 8.23. The van der Waals surface area contributed by atoms with E-state index in [4.69, 9.17) is 9.47 Å². The Morgan fingerprint density at radius 2 is 2.17 bits per heavy atom. The zero-order valence-electron chi connectivity index (χ0n) is 11.0. The second-order valence-corrected chi connectivity index (χ2v) is 5.23. The van der Waals surface area contributed by atoms with E-state index in [1.807, 2.05) is 19.9 Å². The van der Waals surface area contributed by atoms with Crippen LogP contribution in [0.25, 0.3) is 0 Å². The molecule has 1 aliphatic rings. The van der Waals surface area contributed by atoms with Crippen LogP contribution >= 0.6 is 0 Å². The summed E-state index contributed by atoms with van der Waals surface area (Å²) < 4.78 is 25.1. The van der Waals surface area contributed by atoms with Crippen LogP contribution in [0.3, 0.4) is 0 Å². The van der Waals surface area contributed by atoms with Gasteiger partial charge in [-0.1, -0.05) is 12.1 Å². The van der Waals surface area contributed by atoms with E-state index in [9.17, 15) is 4.39 Å². The lowest BCUT2D eigenvalue weighted by molar-refractivity contribution is -0.219. The molecule has 2 nitrogen and oxygen atoms in total. The maximum absolute atomic E-state index is 13.5. The Labute approximate surface area is 108 Å². The molecular weight excluding hydrogens is 231 g/mol. The van der Waals surface area contributed by atoms with Gasteiger partial charge < -0.3 is 9.47 Å². The third-order valence-electron chi connectivity index (χ3n) is 3.31. The molecule has 0 spiro atoms. The number of halogens is 1. The summed E-state index contributed by atoms with van der Waals surface area (Å²) in [6, 6.07) is 5.02. The fourth-order valence-corrected chi connectivity index (χ4v) is 2.12. The largest absolute Gasteiger partial charge is 0.353 e. The van der Waals surface area contributed by atoms with E-state index in [1.54, 1.807) is 6.07 Å². The standard InChI is InChI=1S/C15H20FO2/c1-11-7-8-12(10-13(11)16)15(2,3)18-14-6-4-5-9-17-14/h7-8,10,14H,1,4-6,9H2,2-3H3. The minimum Gasteiger partial charge on any atom is -0.353 e. The molecule has 0 saturated carbocycles. The van der Waals surface area contributed by atoms with Crippen molar-refractivity contribution in [1.82, 2.24) is 0 Å². The smallest absolute Gasteiger partial charge is 0.158 e. The minimum atomic E-state index is -0.559. The third kappa shape index (κ3) is 3.09. The van der Waals surface area contributed by atoms with Gasteiger partial charge in [-0.05, 0) is 57.2 Å². The van der Waals surface area contributed by atoms with Crippen molar-refractivity contribution in [3.8, 4) is 0 Å². The molecule has 0 N–H and O–H groups in total. The van der Waals surface area contributed by atoms with Crippen LogP contribution in [0.5, 0.6) is 0 Å². The van der Waals surface area contributed by atoms with Gasteiger partial charge in [0.25, 0.3) is 0 Å². The minimum absolute atomic E-state index is 0.184. The van der Waals surface area contributed by atoms with Crippen molar-refractivity contribution in [2.45, 2.75) is 45.0 Å². The van der Waals surface area contributed by atoms with Gasteiger partial charge in [0.05, 0.1) is 5.60 Å². The summed E-state index contributed by atoms with van der Waals surface area (Å²) in [7, 11) is 0. The van der Waals surface area contributed by atoms with Crippen molar-refractivity contribution >= 4 is 0 Å². The van der Waals surface area contributed by atoms with Crippen LogP contribution in [-0.4, -0.2) is 12.9 Å². The molecule has 1 aromatic carbocycles. The van der Waals surface area contributed by atoms with E-state index < -0.39 is 5.60 Å². The molecule has 0 aromatic heterocycles. The lowest BCUT2D eigenvalue weighted by Gasteiger charge is -2.33. The van der Waals surface area contributed by atoms with Crippen LogP contribution in [0.15, 0.2) is 18.2 Å². The van der Waals surface area contributed by atoms with E-state index in [1.165, 1.54) is 6.07 Å². The monoisotopic (exact) mass is 251 g/mol. The van der Waals surface area contributed by atoms with Crippen LogP contribution in [-0.2, 0) is 15.1 Å². The average Bonchev–Trinajstić information content (AvgIpc) is 2.33. The van der Waals surface area contributed by atoms with Gasteiger partial charge in [0, 0.05) is 6.61 Å². The molecule has 1 fully saturated rings. The number of hydrogen-bond acceptors (Lipinski definition) is 2. The summed E-state index contributed by atoms with van der Waals surface area (Å²) in [6.07, 6.45) is 2.92. The van der Waals surface area contributed by atoms with E-state index in [0.717, 1.165) is 31.4 Å². The van der Waals surface area contributed by atoms with Gasteiger partial charge in [0.15, 0.2) is 6.29 Å². The number of ether oxygens (including phenoxy) is 2. The molecule has 1 aromatic rings. The number of rotatable bonds is 3. The lowest BCUT2D eigenvalue weighted by Crippen LogP contribution is -2.32. The topological polar surface area (TPSA) is 18.5 Å². The average molecular weight is 251 g/mol. The highest BCUT2D eigenvalue weighted by Crippen LogP contribution is 2.30. The highest BCUT2D eigenvalue weighted by molar-refractivity contribution is 5.29. The van der Waals surface area contributed by atoms with Gasteiger partial charge in [0.2, 0.25) is 0 Å². The molecule has 0 aliphatic carbocycles. The summed E-state index contributed by atoms with van der Waals surface area (Å²) in [5.41, 5.74) is 0.654. The highest BCUT2D eigenvalue weighted by Gasteiger charge is 2.28. The Morgan fingerprint density at radius 1 is 1.39 bits per heavy atom. The molecule has 1 unspecified atom stereocenters. The predicted molar refractivity (Wildman–Crippen MR) is 68.6 cm³/mol.